The van der Waals surface area contributed by atoms with Gasteiger partial charge in [0.1, 0.15) is 12.4 Å². The minimum absolute atomic E-state index is 0.0612. The Hall–Kier alpha value is -3.51. The largest absolute Gasteiger partial charge is 0.323 e. The van der Waals surface area contributed by atoms with Gasteiger partial charge in [-0.2, -0.15) is 0 Å². The number of imidazole rings is 1. The van der Waals surface area contributed by atoms with Gasteiger partial charge in [-0.05, 0) is 36.4 Å². The molecule has 5 nitrogen and oxygen atoms in total. The van der Waals surface area contributed by atoms with E-state index in [-0.39, 0.29) is 23.8 Å². The lowest BCUT2D eigenvalue weighted by Crippen LogP contribution is -2.22. The van der Waals surface area contributed by atoms with E-state index in [0.717, 1.165) is 6.07 Å². The molecule has 4 aromatic rings. The van der Waals surface area contributed by atoms with Crippen molar-refractivity contribution in [2.45, 2.75) is 6.54 Å². The molecule has 0 aliphatic carbocycles. The quantitative estimate of drug-likeness (QED) is 0.488. The number of hydrogen-bond acceptors (Lipinski definition) is 3. The molecule has 144 valence electrons. The van der Waals surface area contributed by atoms with Crippen LogP contribution in [0.4, 0.5) is 10.1 Å². The summed E-state index contributed by atoms with van der Waals surface area (Å²) >= 11 is 6.10. The Morgan fingerprint density at radius 2 is 1.76 bits per heavy atom. The normalized spacial score (nSPS) is 10.8. The van der Waals surface area contributed by atoms with E-state index in [2.05, 4.69) is 10.3 Å². The van der Waals surface area contributed by atoms with Gasteiger partial charge in [0, 0.05) is 5.56 Å². The number of ketones is 1. The topological polar surface area (TPSA) is 64.0 Å². The number of nitrogens with zero attached hydrogens (tertiary/aromatic N) is 2. The maximum Gasteiger partial charge on any atom is 0.244 e. The lowest BCUT2D eigenvalue weighted by molar-refractivity contribution is -0.116. The number of benzene rings is 3. The van der Waals surface area contributed by atoms with Crippen LogP contribution in [-0.2, 0) is 11.3 Å². The molecule has 0 bridgehead atoms. The van der Waals surface area contributed by atoms with E-state index in [9.17, 15) is 14.0 Å². The third-order valence-corrected chi connectivity index (χ3v) is 4.72. The van der Waals surface area contributed by atoms with Crippen LogP contribution in [0.15, 0.2) is 72.8 Å². The van der Waals surface area contributed by atoms with Crippen molar-refractivity contribution >= 4 is 40.0 Å². The minimum atomic E-state index is -0.519. The Bertz CT molecular complexity index is 1240. The predicted octanol–water partition coefficient (Wildman–Crippen LogP) is 4.70. The van der Waals surface area contributed by atoms with Crippen LogP contribution >= 0.6 is 11.6 Å². The molecule has 0 atom stereocenters. The molecule has 0 saturated carbocycles. The van der Waals surface area contributed by atoms with Gasteiger partial charge in [-0.3, -0.25) is 9.59 Å². The Morgan fingerprint density at radius 3 is 2.55 bits per heavy atom. The zero-order valence-electron chi connectivity index (χ0n) is 15.1. The molecule has 0 fully saturated rings. The molecule has 1 heterocycles. The summed E-state index contributed by atoms with van der Waals surface area (Å²) in [5, 5.41) is 3.15. The van der Waals surface area contributed by atoms with Gasteiger partial charge in [0.25, 0.3) is 0 Å². The van der Waals surface area contributed by atoms with Crippen LogP contribution in [0.25, 0.3) is 11.0 Å². The van der Waals surface area contributed by atoms with Gasteiger partial charge >= 0.3 is 0 Å². The fraction of sp³-hybridized carbons (Fsp3) is 0.0455. The lowest BCUT2D eigenvalue weighted by Gasteiger charge is -2.10. The number of para-hydroxylation sites is 3. The average Bonchev–Trinajstić information content (AvgIpc) is 3.07. The summed E-state index contributed by atoms with van der Waals surface area (Å²) in [6.45, 7) is -0.151. The summed E-state index contributed by atoms with van der Waals surface area (Å²) in [7, 11) is 0. The number of carbonyl (C=O) groups is 2. The molecule has 0 saturated heterocycles. The van der Waals surface area contributed by atoms with Crippen LogP contribution in [0.2, 0.25) is 5.02 Å². The van der Waals surface area contributed by atoms with Crippen LogP contribution in [0, 0.1) is 5.82 Å². The molecule has 4 rings (SSSR count). The molecule has 0 radical (unpaired) electrons. The molecule has 0 unspecified atom stereocenters. The van der Waals surface area contributed by atoms with E-state index in [4.69, 9.17) is 11.6 Å². The fourth-order valence-corrected chi connectivity index (χ4v) is 3.25. The molecular weight excluding hydrogens is 393 g/mol. The van der Waals surface area contributed by atoms with Crippen molar-refractivity contribution in [3.05, 3.63) is 95.0 Å². The van der Waals surface area contributed by atoms with E-state index in [0.29, 0.717) is 21.7 Å². The Morgan fingerprint density at radius 1 is 1.00 bits per heavy atom. The van der Waals surface area contributed by atoms with E-state index in [1.165, 1.54) is 22.8 Å². The molecular formula is C22H15ClFN3O2. The number of anilines is 1. The van der Waals surface area contributed by atoms with E-state index < -0.39 is 11.6 Å². The smallest absolute Gasteiger partial charge is 0.244 e. The van der Waals surface area contributed by atoms with Crippen LogP contribution in [-0.4, -0.2) is 21.2 Å². The first-order chi connectivity index (χ1) is 14.0. The highest BCUT2D eigenvalue weighted by Crippen LogP contribution is 2.22. The minimum Gasteiger partial charge on any atom is -0.323 e. The average molecular weight is 408 g/mol. The number of rotatable bonds is 5. The number of halogens is 2. The zero-order valence-corrected chi connectivity index (χ0v) is 15.9. The van der Waals surface area contributed by atoms with Crippen LogP contribution in [0.3, 0.4) is 0 Å². The van der Waals surface area contributed by atoms with Gasteiger partial charge < -0.3 is 9.88 Å². The third kappa shape index (κ3) is 3.88. The fourth-order valence-electron chi connectivity index (χ4n) is 3.06. The summed E-state index contributed by atoms with van der Waals surface area (Å²) in [5.41, 5.74) is 1.83. The van der Waals surface area contributed by atoms with Gasteiger partial charge in [0.05, 0.1) is 21.7 Å². The molecule has 7 heteroatoms. The Labute approximate surface area is 170 Å². The van der Waals surface area contributed by atoms with Crippen LogP contribution in [0.1, 0.15) is 16.2 Å². The monoisotopic (exact) mass is 407 g/mol. The van der Waals surface area contributed by atoms with Crippen molar-refractivity contribution in [3.63, 3.8) is 0 Å². The van der Waals surface area contributed by atoms with Crippen LogP contribution in [0.5, 0.6) is 0 Å². The second-order valence-corrected chi connectivity index (χ2v) is 6.78. The molecule has 0 aliphatic heterocycles. The molecule has 1 amide bonds. The van der Waals surface area contributed by atoms with Gasteiger partial charge in [-0.1, -0.05) is 48.0 Å². The first-order valence-corrected chi connectivity index (χ1v) is 9.20. The second kappa shape index (κ2) is 7.85. The van der Waals surface area contributed by atoms with E-state index in [1.54, 1.807) is 48.5 Å². The van der Waals surface area contributed by atoms with Crippen molar-refractivity contribution in [2.75, 3.05) is 5.32 Å². The molecule has 1 aromatic heterocycles. The Kier molecular flexibility index (Phi) is 5.10. The van der Waals surface area contributed by atoms with Crippen LogP contribution < -0.4 is 5.32 Å². The number of nitrogens with one attached hydrogen (secondary N) is 1. The van der Waals surface area contributed by atoms with Gasteiger partial charge in [-0.15, -0.1) is 0 Å². The SMILES string of the molecule is O=C(Cn1c(C(=O)c2cccc(F)c2)nc2ccccc21)Nc1ccccc1Cl. The molecule has 29 heavy (non-hydrogen) atoms. The van der Waals surface area contributed by atoms with Crippen molar-refractivity contribution < 1.29 is 14.0 Å². The number of hydrogen-bond donors (Lipinski definition) is 1. The highest BCUT2D eigenvalue weighted by atomic mass is 35.5. The summed E-state index contributed by atoms with van der Waals surface area (Å²) < 4.78 is 15.1. The number of aromatic nitrogens is 2. The molecule has 0 aliphatic rings. The molecule has 1 N–H and O–H groups in total. The maximum absolute atomic E-state index is 13.6. The number of carbonyl (C=O) groups excluding carboxylic acids is 2. The van der Waals surface area contributed by atoms with Crippen molar-refractivity contribution in [1.29, 1.82) is 0 Å². The molecule has 3 aromatic carbocycles. The van der Waals surface area contributed by atoms with Crippen molar-refractivity contribution in [3.8, 4) is 0 Å². The van der Waals surface area contributed by atoms with E-state index >= 15 is 0 Å². The summed E-state index contributed by atoms with van der Waals surface area (Å²) in [6.07, 6.45) is 0. The van der Waals surface area contributed by atoms with E-state index in [1.807, 2.05) is 0 Å². The number of fused-ring (bicyclic) bond motifs is 1. The maximum atomic E-state index is 13.6. The summed E-state index contributed by atoms with van der Waals surface area (Å²) in [4.78, 5) is 30.0. The summed E-state index contributed by atoms with van der Waals surface area (Å²) in [6, 6.07) is 19.4. The molecule has 0 spiro atoms. The standard InChI is InChI=1S/C22H15ClFN3O2/c23-16-8-1-2-9-17(16)25-20(28)13-27-19-11-4-3-10-18(19)26-22(27)21(29)14-6-5-7-15(24)12-14/h1-12H,13H2,(H,25,28). The highest BCUT2D eigenvalue weighted by Gasteiger charge is 2.21. The second-order valence-electron chi connectivity index (χ2n) is 6.38. The highest BCUT2D eigenvalue weighted by molar-refractivity contribution is 6.33. The lowest BCUT2D eigenvalue weighted by atomic mass is 10.1. The van der Waals surface area contributed by atoms with Crippen molar-refractivity contribution in [2.24, 2.45) is 0 Å². The van der Waals surface area contributed by atoms with Gasteiger partial charge in [0.2, 0.25) is 11.7 Å². The van der Waals surface area contributed by atoms with Gasteiger partial charge in [0.15, 0.2) is 5.82 Å². The Balaban J connectivity index is 1.71. The third-order valence-electron chi connectivity index (χ3n) is 4.39. The first-order valence-electron chi connectivity index (χ1n) is 8.83. The van der Waals surface area contributed by atoms with Crippen molar-refractivity contribution in [1.82, 2.24) is 9.55 Å². The van der Waals surface area contributed by atoms with Gasteiger partial charge in [-0.25, -0.2) is 9.37 Å². The number of amides is 1. The zero-order chi connectivity index (χ0) is 20.4. The predicted molar refractivity (Wildman–Crippen MR) is 110 cm³/mol. The first kappa shape index (κ1) is 18.8. The summed E-state index contributed by atoms with van der Waals surface area (Å²) in [5.74, 6) is -1.29.